The molecule has 2 amide bonds. The number of para-hydroxylation sites is 1. The van der Waals surface area contributed by atoms with Crippen LogP contribution in [-0.2, 0) is 16.1 Å². The van der Waals surface area contributed by atoms with Crippen LogP contribution in [0.25, 0.3) is 0 Å². The van der Waals surface area contributed by atoms with E-state index in [-0.39, 0.29) is 24.4 Å². The predicted octanol–water partition coefficient (Wildman–Crippen LogP) is 1.90. The Morgan fingerprint density at radius 2 is 1.87 bits per heavy atom. The number of pyridine rings is 1. The summed E-state index contributed by atoms with van der Waals surface area (Å²) < 4.78 is 1.84. The van der Waals surface area contributed by atoms with E-state index in [1.165, 1.54) is 0 Å². The zero-order chi connectivity index (χ0) is 16.4. The molecule has 1 aromatic carbocycles. The van der Waals surface area contributed by atoms with Crippen LogP contribution in [0.3, 0.4) is 0 Å². The fourth-order valence-electron chi connectivity index (χ4n) is 2.97. The summed E-state index contributed by atoms with van der Waals surface area (Å²) in [6.45, 7) is 4.13. The molecule has 118 valence electrons. The monoisotopic (exact) mass is 310 g/mol. The maximum atomic E-state index is 12.9. The van der Waals surface area contributed by atoms with E-state index in [0.29, 0.717) is 0 Å². The molecule has 1 atom stereocenters. The molecule has 0 aliphatic carbocycles. The molecule has 0 bridgehead atoms. The van der Waals surface area contributed by atoms with Crippen molar-refractivity contribution in [3.05, 3.63) is 60.4 Å². The summed E-state index contributed by atoms with van der Waals surface area (Å²) in [4.78, 5) is 27.0. The van der Waals surface area contributed by atoms with E-state index in [9.17, 15) is 9.59 Å². The van der Waals surface area contributed by atoms with Crippen molar-refractivity contribution in [1.29, 1.82) is 0 Å². The second kappa shape index (κ2) is 6.20. The lowest BCUT2D eigenvalue weighted by Gasteiger charge is -2.35. The van der Waals surface area contributed by atoms with E-state index in [2.05, 4.69) is 5.32 Å². The molecule has 1 aliphatic rings. The van der Waals surface area contributed by atoms with Crippen molar-refractivity contribution < 1.29 is 14.2 Å². The van der Waals surface area contributed by atoms with Crippen molar-refractivity contribution in [1.82, 2.24) is 4.90 Å². The van der Waals surface area contributed by atoms with Gasteiger partial charge >= 0.3 is 0 Å². The summed E-state index contributed by atoms with van der Waals surface area (Å²) in [5.74, 6) is -0.241. The summed E-state index contributed by atoms with van der Waals surface area (Å²) in [7, 11) is 0. The number of hydrogen-bond donors (Lipinski definition) is 1. The third-order valence-corrected chi connectivity index (χ3v) is 3.97. The number of rotatable bonds is 3. The number of amides is 2. The minimum Gasteiger partial charge on any atom is -0.324 e. The molecular weight excluding hydrogens is 290 g/mol. The molecular formula is C18H20N3O2+. The Balaban J connectivity index is 1.98. The first-order chi connectivity index (χ1) is 11.1. The zero-order valence-corrected chi connectivity index (χ0v) is 13.3. The normalized spacial score (nSPS) is 17.1. The third kappa shape index (κ3) is 2.95. The van der Waals surface area contributed by atoms with Crippen LogP contribution in [0.5, 0.6) is 0 Å². The first-order valence-corrected chi connectivity index (χ1v) is 7.73. The molecule has 5 nitrogen and oxygen atoms in total. The number of carbonyl (C=O) groups is 2. The van der Waals surface area contributed by atoms with Crippen LogP contribution in [0.4, 0.5) is 5.69 Å². The average molecular weight is 310 g/mol. The number of anilines is 1. The van der Waals surface area contributed by atoms with Gasteiger partial charge in [-0.2, -0.15) is 4.57 Å². The van der Waals surface area contributed by atoms with Gasteiger partial charge in [0.15, 0.2) is 12.2 Å². The van der Waals surface area contributed by atoms with Crippen molar-refractivity contribution in [2.75, 3.05) is 5.32 Å². The number of nitrogens with zero attached hydrogens (tertiary/aromatic N) is 2. The fourth-order valence-corrected chi connectivity index (χ4v) is 2.97. The molecule has 1 unspecified atom stereocenters. The molecule has 0 spiro atoms. The zero-order valence-electron chi connectivity index (χ0n) is 13.3. The standard InChI is InChI=1S/C18H19N3O2/c1-13(2)21-16(22)12-20-11-7-6-10-15(20)17(21)18(23)19-14-8-4-3-5-9-14/h3-11,13,17H,12H2,1-2H3/p+1. The first-order valence-electron chi connectivity index (χ1n) is 7.73. The predicted molar refractivity (Wildman–Crippen MR) is 86.4 cm³/mol. The highest BCUT2D eigenvalue weighted by atomic mass is 16.2. The lowest BCUT2D eigenvalue weighted by Crippen LogP contribution is -2.59. The quantitative estimate of drug-likeness (QED) is 0.881. The van der Waals surface area contributed by atoms with Gasteiger partial charge in [0, 0.05) is 23.9 Å². The van der Waals surface area contributed by atoms with Crippen molar-refractivity contribution in [3.63, 3.8) is 0 Å². The Hall–Kier alpha value is -2.69. The minimum atomic E-state index is -0.627. The van der Waals surface area contributed by atoms with Crippen LogP contribution >= 0.6 is 0 Å². The van der Waals surface area contributed by atoms with E-state index in [0.717, 1.165) is 11.4 Å². The smallest absolute Gasteiger partial charge is 0.289 e. The highest BCUT2D eigenvalue weighted by Crippen LogP contribution is 2.25. The Bertz CT molecular complexity index is 728. The molecule has 0 saturated carbocycles. The summed E-state index contributed by atoms with van der Waals surface area (Å²) in [6.07, 6.45) is 1.84. The molecule has 0 saturated heterocycles. The summed E-state index contributed by atoms with van der Waals surface area (Å²) >= 11 is 0. The van der Waals surface area contributed by atoms with Gasteiger partial charge in [0.05, 0.1) is 0 Å². The topological polar surface area (TPSA) is 53.3 Å². The molecule has 0 fully saturated rings. The van der Waals surface area contributed by atoms with Gasteiger partial charge in [-0.1, -0.05) is 24.3 Å². The third-order valence-electron chi connectivity index (χ3n) is 3.97. The average Bonchev–Trinajstić information content (AvgIpc) is 2.54. The molecule has 5 heteroatoms. The highest BCUT2D eigenvalue weighted by molar-refractivity contribution is 5.97. The molecule has 1 N–H and O–H groups in total. The van der Waals surface area contributed by atoms with Gasteiger partial charge in [-0.05, 0) is 26.0 Å². The number of carbonyl (C=O) groups excluding carboxylic acids is 2. The van der Waals surface area contributed by atoms with Gasteiger partial charge in [0.25, 0.3) is 11.8 Å². The Morgan fingerprint density at radius 1 is 1.17 bits per heavy atom. The summed E-state index contributed by atoms with van der Waals surface area (Å²) in [5.41, 5.74) is 1.55. The lowest BCUT2D eigenvalue weighted by atomic mass is 10.0. The maximum absolute atomic E-state index is 12.9. The maximum Gasteiger partial charge on any atom is 0.289 e. The highest BCUT2D eigenvalue weighted by Gasteiger charge is 2.43. The summed E-state index contributed by atoms with van der Waals surface area (Å²) in [6, 6.07) is 14.3. The number of hydrogen-bond acceptors (Lipinski definition) is 2. The van der Waals surface area contributed by atoms with Crippen LogP contribution in [-0.4, -0.2) is 22.8 Å². The van der Waals surface area contributed by atoms with Crippen molar-refractivity contribution in [3.8, 4) is 0 Å². The van der Waals surface area contributed by atoms with Gasteiger partial charge in [0.1, 0.15) is 0 Å². The van der Waals surface area contributed by atoms with Crippen LogP contribution in [0.15, 0.2) is 54.7 Å². The van der Waals surface area contributed by atoms with Gasteiger partial charge in [-0.3, -0.25) is 9.59 Å². The van der Waals surface area contributed by atoms with Gasteiger partial charge < -0.3 is 10.2 Å². The Morgan fingerprint density at radius 3 is 2.57 bits per heavy atom. The van der Waals surface area contributed by atoms with Gasteiger partial charge in [0.2, 0.25) is 12.2 Å². The molecule has 1 aromatic heterocycles. The van der Waals surface area contributed by atoms with Crippen molar-refractivity contribution in [2.24, 2.45) is 0 Å². The molecule has 2 heterocycles. The molecule has 23 heavy (non-hydrogen) atoms. The van der Waals surface area contributed by atoms with E-state index in [1.54, 1.807) is 4.90 Å². The summed E-state index contributed by atoms with van der Waals surface area (Å²) in [5, 5.41) is 2.91. The van der Waals surface area contributed by atoms with Crippen LogP contribution < -0.4 is 9.88 Å². The van der Waals surface area contributed by atoms with Crippen LogP contribution in [0.2, 0.25) is 0 Å². The first kappa shape index (κ1) is 15.2. The Kier molecular flexibility index (Phi) is 4.10. The van der Waals surface area contributed by atoms with E-state index in [1.807, 2.05) is 73.1 Å². The van der Waals surface area contributed by atoms with Gasteiger partial charge in [-0.15, -0.1) is 0 Å². The molecule has 3 rings (SSSR count). The molecule has 1 aliphatic heterocycles. The number of fused-ring (bicyclic) bond motifs is 1. The second-order valence-electron chi connectivity index (χ2n) is 5.91. The SMILES string of the molecule is CC(C)N1C(=O)C[n+]2ccccc2C1C(=O)Nc1ccccc1. The minimum absolute atomic E-state index is 0.0445. The van der Waals surface area contributed by atoms with Crippen LogP contribution in [0, 0.1) is 0 Å². The van der Waals surface area contributed by atoms with Gasteiger partial charge in [-0.25, -0.2) is 0 Å². The van der Waals surface area contributed by atoms with Crippen molar-refractivity contribution >= 4 is 17.5 Å². The number of benzene rings is 1. The van der Waals surface area contributed by atoms with Crippen molar-refractivity contribution in [2.45, 2.75) is 32.5 Å². The van der Waals surface area contributed by atoms with E-state index >= 15 is 0 Å². The van der Waals surface area contributed by atoms with E-state index in [4.69, 9.17) is 0 Å². The fraction of sp³-hybridized carbons (Fsp3) is 0.278. The Labute approximate surface area is 135 Å². The number of aromatic nitrogens is 1. The largest absolute Gasteiger partial charge is 0.324 e. The molecule has 0 radical (unpaired) electrons. The van der Waals surface area contributed by atoms with E-state index < -0.39 is 6.04 Å². The number of nitrogens with one attached hydrogen (secondary N) is 1. The lowest BCUT2D eigenvalue weighted by molar-refractivity contribution is -0.699. The molecule has 2 aromatic rings. The van der Waals surface area contributed by atoms with Crippen LogP contribution in [0.1, 0.15) is 25.6 Å². The second-order valence-corrected chi connectivity index (χ2v) is 5.91.